The second-order valence-electron chi connectivity index (χ2n) is 7.60. The number of hydrogen-bond acceptors (Lipinski definition) is 4. The van der Waals surface area contributed by atoms with Crippen LogP contribution in [0.25, 0.3) is 0 Å². The molecule has 0 atom stereocenters. The van der Waals surface area contributed by atoms with E-state index in [1.54, 1.807) is 11.8 Å². The van der Waals surface area contributed by atoms with Crippen molar-refractivity contribution in [1.29, 1.82) is 0 Å². The number of amides is 1. The van der Waals surface area contributed by atoms with E-state index in [0.29, 0.717) is 25.1 Å². The topological polar surface area (TPSA) is 63.2 Å². The minimum atomic E-state index is -4.56. The molecule has 3 rings (SSSR count). The Kier molecular flexibility index (Phi) is 7.05. The summed E-state index contributed by atoms with van der Waals surface area (Å²) in [6.07, 6.45) is -3.09. The van der Waals surface area contributed by atoms with E-state index in [9.17, 15) is 26.4 Å². The fourth-order valence-corrected chi connectivity index (χ4v) is 6.80. The zero-order valence-corrected chi connectivity index (χ0v) is 18.7. The molecule has 1 amide bonds. The predicted octanol–water partition coefficient (Wildman–Crippen LogP) is 5.01. The van der Waals surface area contributed by atoms with Gasteiger partial charge in [0.15, 0.2) is 14.6 Å². The van der Waals surface area contributed by atoms with E-state index in [4.69, 9.17) is 0 Å². The molecule has 1 aliphatic carbocycles. The van der Waals surface area contributed by atoms with E-state index in [1.165, 1.54) is 0 Å². The van der Waals surface area contributed by atoms with Gasteiger partial charge in [0.25, 0.3) is 0 Å². The molecule has 0 unspecified atom stereocenters. The van der Waals surface area contributed by atoms with Crippen LogP contribution < -0.4 is 5.32 Å². The molecule has 2 aromatic rings. The number of nitrogens with one attached hydrogen (secondary N) is 1. The average Bonchev–Trinajstić information content (AvgIpc) is 3.24. The van der Waals surface area contributed by atoms with Gasteiger partial charge < -0.3 is 5.32 Å². The highest BCUT2D eigenvalue weighted by Crippen LogP contribution is 2.41. The maximum Gasteiger partial charge on any atom is 0.416 e. The molecule has 0 aliphatic heterocycles. The third-order valence-corrected chi connectivity index (χ3v) is 9.26. The van der Waals surface area contributed by atoms with E-state index >= 15 is 0 Å². The first-order valence-corrected chi connectivity index (χ1v) is 12.4. The molecule has 4 nitrogen and oxygen atoms in total. The van der Waals surface area contributed by atoms with Crippen molar-refractivity contribution < 1.29 is 26.4 Å². The fourth-order valence-electron chi connectivity index (χ4n) is 3.82. The molecule has 1 N–H and O–H groups in total. The summed E-state index contributed by atoms with van der Waals surface area (Å²) < 4.78 is 63.5. The Morgan fingerprint density at radius 2 is 1.68 bits per heavy atom. The van der Waals surface area contributed by atoms with Crippen molar-refractivity contribution in [2.24, 2.45) is 0 Å². The molecule has 2 aromatic carbocycles. The first-order valence-electron chi connectivity index (χ1n) is 9.96. The van der Waals surface area contributed by atoms with Crippen LogP contribution >= 0.6 is 11.8 Å². The number of thioether (sulfide) groups is 1. The standard InChI is InChI=1S/C22H24F3NO3S2/c1-16-6-2-3-7-19(16)30-15-14-26-20(27)21(12-4-5-13-21)31(28,29)18-10-8-17(9-11-18)22(23,24)25/h2-3,6-11H,4-5,12-15H2,1H3,(H,26,27). The summed E-state index contributed by atoms with van der Waals surface area (Å²) in [6.45, 7) is 2.28. The van der Waals surface area contributed by atoms with E-state index in [2.05, 4.69) is 5.32 Å². The fraction of sp³-hybridized carbons (Fsp3) is 0.409. The minimum Gasteiger partial charge on any atom is -0.354 e. The summed E-state index contributed by atoms with van der Waals surface area (Å²) >= 11 is 1.57. The number of benzene rings is 2. The van der Waals surface area contributed by atoms with Crippen molar-refractivity contribution >= 4 is 27.5 Å². The van der Waals surface area contributed by atoms with Crippen LogP contribution in [0.3, 0.4) is 0 Å². The number of rotatable bonds is 7. The zero-order valence-electron chi connectivity index (χ0n) is 17.0. The van der Waals surface area contributed by atoms with Gasteiger partial charge in [-0.25, -0.2) is 8.42 Å². The zero-order chi connectivity index (χ0) is 22.7. The first kappa shape index (κ1) is 23.7. The van der Waals surface area contributed by atoms with E-state index in [0.717, 1.165) is 34.7 Å². The van der Waals surface area contributed by atoms with Crippen LogP contribution in [0.4, 0.5) is 13.2 Å². The molecular formula is C22H24F3NO3S2. The van der Waals surface area contributed by atoms with Gasteiger partial charge in [0.1, 0.15) is 0 Å². The Balaban J connectivity index is 1.73. The van der Waals surface area contributed by atoms with Crippen molar-refractivity contribution in [3.63, 3.8) is 0 Å². The van der Waals surface area contributed by atoms with Crippen LogP contribution in [-0.2, 0) is 20.8 Å². The van der Waals surface area contributed by atoms with Gasteiger partial charge in [0, 0.05) is 17.2 Å². The highest BCUT2D eigenvalue weighted by atomic mass is 32.2. The van der Waals surface area contributed by atoms with E-state index < -0.39 is 32.2 Å². The quantitative estimate of drug-likeness (QED) is 0.456. The third-order valence-electron chi connectivity index (χ3n) is 5.57. The number of aryl methyl sites for hydroxylation is 1. The maximum absolute atomic E-state index is 13.3. The molecule has 0 heterocycles. The van der Waals surface area contributed by atoms with Gasteiger partial charge in [-0.15, -0.1) is 11.8 Å². The predicted molar refractivity (Wildman–Crippen MR) is 115 cm³/mol. The molecule has 0 radical (unpaired) electrons. The van der Waals surface area contributed by atoms with Crippen molar-refractivity contribution in [3.05, 3.63) is 59.7 Å². The number of hydrogen-bond donors (Lipinski definition) is 1. The van der Waals surface area contributed by atoms with Gasteiger partial charge in [0.2, 0.25) is 5.91 Å². The Morgan fingerprint density at radius 3 is 2.26 bits per heavy atom. The minimum absolute atomic E-state index is 0.160. The molecular weight excluding hydrogens is 447 g/mol. The molecule has 31 heavy (non-hydrogen) atoms. The van der Waals surface area contributed by atoms with Crippen molar-refractivity contribution in [1.82, 2.24) is 5.32 Å². The summed E-state index contributed by atoms with van der Waals surface area (Å²) in [5, 5.41) is 2.75. The van der Waals surface area contributed by atoms with E-state index in [1.807, 2.05) is 31.2 Å². The number of halogens is 3. The molecule has 1 aliphatic rings. The molecule has 0 saturated heterocycles. The molecule has 9 heteroatoms. The number of carbonyl (C=O) groups is 1. The Hall–Kier alpha value is -2.00. The SMILES string of the molecule is Cc1ccccc1SCCNC(=O)C1(S(=O)(=O)c2ccc(C(F)(F)F)cc2)CCCC1. The lowest BCUT2D eigenvalue weighted by Crippen LogP contribution is -2.51. The van der Waals surface area contributed by atoms with Crippen molar-refractivity contribution in [2.75, 3.05) is 12.3 Å². The van der Waals surface area contributed by atoms with Gasteiger partial charge in [-0.1, -0.05) is 31.0 Å². The van der Waals surface area contributed by atoms with Crippen LogP contribution in [0, 0.1) is 6.92 Å². The van der Waals surface area contributed by atoms with Crippen LogP contribution in [0.2, 0.25) is 0 Å². The average molecular weight is 472 g/mol. The summed E-state index contributed by atoms with van der Waals surface area (Å²) in [5.41, 5.74) is 0.195. The van der Waals surface area contributed by atoms with Crippen molar-refractivity contribution in [2.45, 2.75) is 53.3 Å². The second kappa shape index (κ2) is 9.24. The smallest absolute Gasteiger partial charge is 0.354 e. The summed E-state index contributed by atoms with van der Waals surface area (Å²) in [6, 6.07) is 11.2. The lowest BCUT2D eigenvalue weighted by Gasteiger charge is -2.27. The molecule has 0 bridgehead atoms. The molecule has 0 spiro atoms. The van der Waals surface area contributed by atoms with Gasteiger partial charge in [-0.3, -0.25) is 4.79 Å². The van der Waals surface area contributed by atoms with Crippen molar-refractivity contribution in [3.8, 4) is 0 Å². The normalized spacial score (nSPS) is 16.3. The number of sulfone groups is 1. The molecule has 0 aromatic heterocycles. The Bertz CT molecular complexity index is 1030. The molecule has 168 valence electrons. The molecule has 1 fully saturated rings. The van der Waals surface area contributed by atoms with Gasteiger partial charge >= 0.3 is 6.18 Å². The second-order valence-corrected chi connectivity index (χ2v) is 11.0. The highest BCUT2D eigenvalue weighted by Gasteiger charge is 2.52. The summed E-state index contributed by atoms with van der Waals surface area (Å²) in [4.78, 5) is 13.8. The largest absolute Gasteiger partial charge is 0.416 e. The highest BCUT2D eigenvalue weighted by molar-refractivity contribution is 7.99. The summed E-state index contributed by atoms with van der Waals surface area (Å²) in [7, 11) is -4.14. The lowest BCUT2D eigenvalue weighted by molar-refractivity contribution is -0.137. The Labute approximate surface area is 184 Å². The van der Waals surface area contributed by atoms with Crippen LogP contribution in [0.15, 0.2) is 58.3 Å². The first-order chi connectivity index (χ1) is 14.6. The number of carbonyl (C=O) groups excluding carboxylic acids is 1. The van der Waals surface area contributed by atoms with Crippen LogP contribution in [0.5, 0.6) is 0 Å². The molecule has 1 saturated carbocycles. The maximum atomic E-state index is 13.3. The lowest BCUT2D eigenvalue weighted by atomic mass is 10.1. The van der Waals surface area contributed by atoms with E-state index in [-0.39, 0.29) is 17.7 Å². The number of alkyl halides is 3. The van der Waals surface area contributed by atoms with Gasteiger partial charge in [0.05, 0.1) is 10.5 Å². The third kappa shape index (κ3) is 4.92. The Morgan fingerprint density at radius 1 is 1.06 bits per heavy atom. The summed E-state index contributed by atoms with van der Waals surface area (Å²) in [5.74, 6) is 0.00258. The van der Waals surface area contributed by atoms with Crippen LogP contribution in [0.1, 0.15) is 36.8 Å². The van der Waals surface area contributed by atoms with Gasteiger partial charge in [-0.2, -0.15) is 13.2 Å². The monoisotopic (exact) mass is 471 g/mol. The van der Waals surface area contributed by atoms with Gasteiger partial charge in [-0.05, 0) is 55.7 Å². The van der Waals surface area contributed by atoms with Crippen LogP contribution in [-0.4, -0.2) is 31.4 Å².